The molecule has 1 aromatic rings. The van der Waals surface area contributed by atoms with E-state index in [4.69, 9.17) is 11.6 Å². The van der Waals surface area contributed by atoms with Crippen molar-refractivity contribution in [3.8, 4) is 0 Å². The minimum absolute atomic E-state index is 0.0185. The van der Waals surface area contributed by atoms with Crippen LogP contribution in [0.25, 0.3) is 0 Å². The maximum absolute atomic E-state index is 12.5. The van der Waals surface area contributed by atoms with E-state index in [2.05, 4.69) is 41.0 Å². The maximum atomic E-state index is 12.5. The molecular formula is C22H36ClN5O2S. The summed E-state index contributed by atoms with van der Waals surface area (Å²) in [7, 11) is 0. The number of hydrogen-bond acceptors (Lipinski definition) is 6. The number of carbonyl (C=O) groups excluding carboxylic acids is 2. The van der Waals surface area contributed by atoms with Crippen LogP contribution < -0.4 is 10.2 Å². The monoisotopic (exact) mass is 469 g/mol. The second-order valence-corrected chi connectivity index (χ2v) is 9.35. The zero-order valence-corrected chi connectivity index (χ0v) is 20.6. The van der Waals surface area contributed by atoms with E-state index in [0.29, 0.717) is 42.9 Å². The molecule has 1 atom stereocenters. The van der Waals surface area contributed by atoms with Crippen molar-refractivity contribution in [2.75, 3.05) is 36.8 Å². The van der Waals surface area contributed by atoms with Crippen LogP contribution in [0.4, 0.5) is 5.82 Å². The lowest BCUT2D eigenvalue weighted by Crippen LogP contribution is -2.54. The minimum Gasteiger partial charge on any atom is -0.355 e. The highest BCUT2D eigenvalue weighted by Gasteiger charge is 2.28. The zero-order valence-electron chi connectivity index (χ0n) is 19.0. The lowest BCUT2D eigenvalue weighted by atomic mass is 10.1. The molecule has 1 saturated heterocycles. The number of unbranched alkanes of at least 4 members (excludes halogenated alkanes) is 4. The molecule has 31 heavy (non-hydrogen) atoms. The topological polar surface area (TPSA) is 78.4 Å². The molecule has 2 rings (SSSR count). The van der Waals surface area contributed by atoms with Crippen molar-refractivity contribution in [3.05, 3.63) is 11.2 Å². The zero-order chi connectivity index (χ0) is 22.6. The van der Waals surface area contributed by atoms with Crippen LogP contribution in [0.15, 0.2) is 11.2 Å². The molecule has 7 nitrogen and oxygen atoms in total. The number of anilines is 1. The quantitative estimate of drug-likeness (QED) is 0.214. The van der Waals surface area contributed by atoms with Gasteiger partial charge in [0, 0.05) is 44.7 Å². The first-order valence-corrected chi connectivity index (χ1v) is 12.8. The summed E-state index contributed by atoms with van der Waals surface area (Å²) in [6, 6.07) is 1.86. The SMILES string of the molecule is CCCCCNC(=O)CSc1nc(Cl)cc(N2CCN(C(=O)CCCCC)C(C)C2)n1. The average molecular weight is 470 g/mol. The van der Waals surface area contributed by atoms with Gasteiger partial charge in [0.1, 0.15) is 11.0 Å². The highest BCUT2D eigenvalue weighted by Crippen LogP contribution is 2.24. The first-order valence-electron chi connectivity index (χ1n) is 11.4. The normalized spacial score (nSPS) is 16.5. The van der Waals surface area contributed by atoms with E-state index < -0.39 is 0 Å². The fourth-order valence-electron chi connectivity index (χ4n) is 3.60. The lowest BCUT2D eigenvalue weighted by molar-refractivity contribution is -0.133. The van der Waals surface area contributed by atoms with Crippen LogP contribution in [0.1, 0.15) is 65.7 Å². The summed E-state index contributed by atoms with van der Waals surface area (Å²) in [5.74, 6) is 1.23. The Kier molecular flexibility index (Phi) is 11.4. The van der Waals surface area contributed by atoms with Crippen LogP contribution in [0.5, 0.6) is 0 Å². The van der Waals surface area contributed by atoms with Crippen LogP contribution >= 0.6 is 23.4 Å². The van der Waals surface area contributed by atoms with Crippen molar-refractivity contribution >= 4 is 41.0 Å². The van der Waals surface area contributed by atoms with Gasteiger partial charge in [0.2, 0.25) is 11.8 Å². The van der Waals surface area contributed by atoms with Crippen molar-refractivity contribution in [1.29, 1.82) is 0 Å². The molecule has 0 bridgehead atoms. The number of nitrogens with zero attached hydrogens (tertiary/aromatic N) is 4. The summed E-state index contributed by atoms with van der Waals surface area (Å²) in [5.41, 5.74) is 0. The number of carbonyl (C=O) groups is 2. The van der Waals surface area contributed by atoms with Gasteiger partial charge in [0.25, 0.3) is 0 Å². The number of thioether (sulfide) groups is 1. The summed E-state index contributed by atoms with van der Waals surface area (Å²) in [4.78, 5) is 37.5. The van der Waals surface area contributed by atoms with E-state index in [1.165, 1.54) is 11.8 Å². The average Bonchev–Trinajstić information content (AvgIpc) is 2.75. The second kappa shape index (κ2) is 13.8. The summed E-state index contributed by atoms with van der Waals surface area (Å²) >= 11 is 7.53. The predicted molar refractivity (Wildman–Crippen MR) is 128 cm³/mol. The molecule has 1 N–H and O–H groups in total. The molecule has 2 heterocycles. The van der Waals surface area contributed by atoms with Gasteiger partial charge in [0.05, 0.1) is 5.75 Å². The molecule has 0 aromatic carbocycles. The Bertz CT molecular complexity index is 721. The van der Waals surface area contributed by atoms with Gasteiger partial charge in [-0.05, 0) is 19.8 Å². The maximum Gasteiger partial charge on any atom is 0.230 e. The third kappa shape index (κ3) is 8.85. The Morgan fingerprint density at radius 1 is 1.16 bits per heavy atom. The Balaban J connectivity index is 1.89. The van der Waals surface area contributed by atoms with Gasteiger partial charge in [-0.3, -0.25) is 9.59 Å². The van der Waals surface area contributed by atoms with E-state index >= 15 is 0 Å². The summed E-state index contributed by atoms with van der Waals surface area (Å²) < 4.78 is 0. The largest absolute Gasteiger partial charge is 0.355 e. The van der Waals surface area contributed by atoms with Gasteiger partial charge >= 0.3 is 0 Å². The number of piperazine rings is 1. The lowest BCUT2D eigenvalue weighted by Gasteiger charge is -2.40. The van der Waals surface area contributed by atoms with E-state index in [0.717, 1.165) is 44.3 Å². The molecule has 9 heteroatoms. The van der Waals surface area contributed by atoms with Crippen molar-refractivity contribution < 1.29 is 9.59 Å². The minimum atomic E-state index is -0.0185. The van der Waals surface area contributed by atoms with Crippen LogP contribution in [0.3, 0.4) is 0 Å². The van der Waals surface area contributed by atoms with Gasteiger partial charge in [-0.25, -0.2) is 9.97 Å². The molecule has 0 aliphatic carbocycles. The van der Waals surface area contributed by atoms with Gasteiger partial charge in [-0.15, -0.1) is 0 Å². The number of nitrogens with one attached hydrogen (secondary N) is 1. The molecule has 0 spiro atoms. The standard InChI is InChI=1S/C22H36ClN5O2S/c1-4-6-8-10-21(30)28-13-12-27(15-17(28)3)19-14-18(23)25-22(26-19)31-16-20(29)24-11-9-7-5-2/h14,17H,4-13,15-16H2,1-3H3,(H,24,29). The Morgan fingerprint density at radius 3 is 2.61 bits per heavy atom. The fourth-order valence-corrected chi connectivity index (χ4v) is 4.51. The number of rotatable bonds is 12. The summed E-state index contributed by atoms with van der Waals surface area (Å²) in [6.45, 7) is 9.15. The molecule has 174 valence electrons. The number of halogens is 1. The van der Waals surface area contributed by atoms with Crippen molar-refractivity contribution in [3.63, 3.8) is 0 Å². The van der Waals surface area contributed by atoms with Gasteiger partial charge in [-0.1, -0.05) is 62.9 Å². The third-order valence-electron chi connectivity index (χ3n) is 5.36. The molecule has 1 aliphatic heterocycles. The van der Waals surface area contributed by atoms with Crippen molar-refractivity contribution in [2.24, 2.45) is 0 Å². The van der Waals surface area contributed by atoms with E-state index in [-0.39, 0.29) is 23.6 Å². The van der Waals surface area contributed by atoms with Crippen molar-refractivity contribution in [1.82, 2.24) is 20.2 Å². The molecule has 0 radical (unpaired) electrons. The van der Waals surface area contributed by atoms with Crippen LogP contribution in [0.2, 0.25) is 5.15 Å². The second-order valence-electron chi connectivity index (χ2n) is 8.02. The van der Waals surface area contributed by atoms with Gasteiger partial charge in [-0.2, -0.15) is 0 Å². The Hall–Kier alpha value is -1.54. The summed E-state index contributed by atoms with van der Waals surface area (Å²) in [5, 5.41) is 3.78. The van der Waals surface area contributed by atoms with Gasteiger partial charge < -0.3 is 15.1 Å². The summed E-state index contributed by atoms with van der Waals surface area (Å²) in [6.07, 6.45) is 7.03. The Morgan fingerprint density at radius 2 is 1.90 bits per heavy atom. The van der Waals surface area contributed by atoms with Crippen LogP contribution in [-0.2, 0) is 9.59 Å². The molecule has 1 aliphatic rings. The highest BCUT2D eigenvalue weighted by atomic mass is 35.5. The van der Waals surface area contributed by atoms with Crippen LogP contribution in [-0.4, -0.2) is 64.7 Å². The Labute approximate surface area is 195 Å². The smallest absolute Gasteiger partial charge is 0.230 e. The fraction of sp³-hybridized carbons (Fsp3) is 0.727. The van der Waals surface area contributed by atoms with E-state index in [1.54, 1.807) is 6.07 Å². The van der Waals surface area contributed by atoms with E-state index in [1.807, 2.05) is 4.90 Å². The van der Waals surface area contributed by atoms with Gasteiger partial charge in [0.15, 0.2) is 5.16 Å². The first-order chi connectivity index (χ1) is 14.9. The third-order valence-corrected chi connectivity index (χ3v) is 6.40. The van der Waals surface area contributed by atoms with Crippen molar-refractivity contribution in [2.45, 2.75) is 76.9 Å². The number of amides is 2. The molecule has 1 unspecified atom stereocenters. The van der Waals surface area contributed by atoms with E-state index in [9.17, 15) is 9.59 Å². The van der Waals surface area contributed by atoms with Crippen LogP contribution in [0, 0.1) is 0 Å². The molecule has 1 fully saturated rings. The molecule has 1 aromatic heterocycles. The predicted octanol–water partition coefficient (Wildman–Crippen LogP) is 4.15. The highest BCUT2D eigenvalue weighted by molar-refractivity contribution is 7.99. The number of aromatic nitrogens is 2. The molecule has 0 saturated carbocycles. The molecular weight excluding hydrogens is 434 g/mol. The molecule has 2 amide bonds. The first kappa shape index (κ1) is 25.7. The number of hydrogen-bond donors (Lipinski definition) is 1.